The maximum absolute atomic E-state index is 10.7. The van der Waals surface area contributed by atoms with Gasteiger partial charge in [-0.15, -0.1) is 0 Å². The lowest BCUT2D eigenvalue weighted by molar-refractivity contribution is 0.0617. The van der Waals surface area contributed by atoms with E-state index in [2.05, 4.69) is 15.6 Å². The monoisotopic (exact) mass is 351 g/mol. The van der Waals surface area contributed by atoms with Crippen molar-refractivity contribution in [3.63, 3.8) is 0 Å². The number of hydrogen-bond donors (Lipinski definition) is 3. The van der Waals surface area contributed by atoms with Crippen LogP contribution in [-0.2, 0) is 12.1 Å². The molecule has 0 radical (unpaired) electrons. The van der Waals surface area contributed by atoms with E-state index in [9.17, 15) is 5.11 Å². The molecule has 3 N–H and O–H groups in total. The third kappa shape index (κ3) is 4.43. The highest BCUT2D eigenvalue weighted by Gasteiger charge is 2.22. The predicted octanol–water partition coefficient (Wildman–Crippen LogP) is 3.40. The van der Waals surface area contributed by atoms with Crippen LogP contribution in [0.2, 0.25) is 0 Å². The molecule has 0 aliphatic rings. The van der Waals surface area contributed by atoms with Crippen LogP contribution in [0.3, 0.4) is 0 Å². The number of para-hydroxylation sites is 1. The summed E-state index contributed by atoms with van der Waals surface area (Å²) in [6.45, 7) is 5.31. The first-order valence-electron chi connectivity index (χ1n) is 8.86. The Morgan fingerprint density at radius 2 is 1.81 bits per heavy atom. The Morgan fingerprint density at radius 1 is 1.08 bits per heavy atom. The van der Waals surface area contributed by atoms with E-state index >= 15 is 0 Å². The van der Waals surface area contributed by atoms with Crippen LogP contribution in [-0.4, -0.2) is 24.2 Å². The summed E-state index contributed by atoms with van der Waals surface area (Å²) in [6.07, 6.45) is 0. The van der Waals surface area contributed by atoms with Crippen molar-refractivity contribution in [2.75, 3.05) is 13.1 Å². The van der Waals surface area contributed by atoms with Crippen molar-refractivity contribution in [2.24, 2.45) is 4.99 Å². The standard InChI is InChI=1S/C21H25N3O2/c1-3-22-20(24-15-21(2,25)17-10-5-4-6-11-17)23-14-18-13-16-9-7-8-12-19(16)26-18/h4-13,25H,3,14-15H2,1-2H3,(H2,22,23,24). The lowest BCUT2D eigenvalue weighted by atomic mass is 9.96. The number of nitrogens with zero attached hydrogens (tertiary/aromatic N) is 1. The topological polar surface area (TPSA) is 69.8 Å². The summed E-state index contributed by atoms with van der Waals surface area (Å²) in [4.78, 5) is 4.57. The largest absolute Gasteiger partial charge is 0.459 e. The molecule has 5 nitrogen and oxygen atoms in total. The summed E-state index contributed by atoms with van der Waals surface area (Å²) in [5.74, 6) is 1.45. The van der Waals surface area contributed by atoms with Crippen LogP contribution >= 0.6 is 0 Å². The van der Waals surface area contributed by atoms with E-state index in [0.717, 1.165) is 28.8 Å². The molecule has 0 aliphatic carbocycles. The number of furan rings is 1. The molecule has 0 saturated heterocycles. The highest BCUT2D eigenvalue weighted by atomic mass is 16.3. The minimum Gasteiger partial charge on any atom is -0.459 e. The van der Waals surface area contributed by atoms with E-state index in [0.29, 0.717) is 19.0 Å². The van der Waals surface area contributed by atoms with E-state index in [1.54, 1.807) is 6.92 Å². The van der Waals surface area contributed by atoms with E-state index < -0.39 is 5.60 Å². The van der Waals surface area contributed by atoms with Crippen LogP contribution in [0.1, 0.15) is 25.2 Å². The highest BCUT2D eigenvalue weighted by Crippen LogP contribution is 2.20. The smallest absolute Gasteiger partial charge is 0.191 e. The van der Waals surface area contributed by atoms with Gasteiger partial charge in [0.25, 0.3) is 0 Å². The van der Waals surface area contributed by atoms with Crippen molar-refractivity contribution < 1.29 is 9.52 Å². The predicted molar refractivity (Wildman–Crippen MR) is 105 cm³/mol. The second kappa shape index (κ2) is 8.06. The fourth-order valence-corrected chi connectivity index (χ4v) is 2.77. The van der Waals surface area contributed by atoms with Gasteiger partial charge in [0.15, 0.2) is 5.96 Å². The number of guanidine groups is 1. The van der Waals surface area contributed by atoms with Crippen LogP contribution in [0, 0.1) is 0 Å². The van der Waals surface area contributed by atoms with E-state index in [1.807, 2.05) is 67.6 Å². The van der Waals surface area contributed by atoms with Crippen LogP contribution in [0.15, 0.2) is 70.1 Å². The fraction of sp³-hybridized carbons (Fsp3) is 0.286. The molecule has 0 spiro atoms. The van der Waals surface area contributed by atoms with Crippen molar-refractivity contribution in [3.05, 3.63) is 72.0 Å². The van der Waals surface area contributed by atoms with Crippen molar-refractivity contribution in [3.8, 4) is 0 Å². The van der Waals surface area contributed by atoms with Gasteiger partial charge in [-0.1, -0.05) is 48.5 Å². The van der Waals surface area contributed by atoms with Crippen molar-refractivity contribution in [1.82, 2.24) is 10.6 Å². The van der Waals surface area contributed by atoms with Crippen molar-refractivity contribution in [2.45, 2.75) is 26.0 Å². The molecule has 5 heteroatoms. The number of hydrogen-bond acceptors (Lipinski definition) is 3. The number of aliphatic hydroxyl groups is 1. The summed E-state index contributed by atoms with van der Waals surface area (Å²) in [5, 5.41) is 18.2. The number of fused-ring (bicyclic) bond motifs is 1. The second-order valence-corrected chi connectivity index (χ2v) is 6.44. The molecule has 1 unspecified atom stereocenters. The average molecular weight is 351 g/mol. The number of aliphatic imine (C=N–C) groups is 1. The Balaban J connectivity index is 1.67. The van der Waals surface area contributed by atoms with Gasteiger partial charge in [0.2, 0.25) is 0 Å². The first kappa shape index (κ1) is 18.0. The first-order chi connectivity index (χ1) is 12.6. The van der Waals surface area contributed by atoms with E-state index in [1.165, 1.54) is 0 Å². The molecule has 1 heterocycles. The molecule has 2 aromatic carbocycles. The van der Waals surface area contributed by atoms with Gasteiger partial charge >= 0.3 is 0 Å². The third-order valence-corrected chi connectivity index (χ3v) is 4.21. The Labute approximate surface area is 153 Å². The number of benzene rings is 2. The highest BCUT2D eigenvalue weighted by molar-refractivity contribution is 5.80. The van der Waals surface area contributed by atoms with Gasteiger partial charge in [-0.05, 0) is 31.5 Å². The lowest BCUT2D eigenvalue weighted by Crippen LogP contribution is -2.44. The molecule has 0 bridgehead atoms. The zero-order valence-corrected chi connectivity index (χ0v) is 15.2. The van der Waals surface area contributed by atoms with Crippen LogP contribution in [0.25, 0.3) is 11.0 Å². The molecule has 0 saturated carbocycles. The second-order valence-electron chi connectivity index (χ2n) is 6.44. The molecule has 1 atom stereocenters. The summed E-state index contributed by atoms with van der Waals surface area (Å²) in [6, 6.07) is 19.5. The van der Waals surface area contributed by atoms with Gasteiger partial charge in [0.05, 0.1) is 6.54 Å². The first-order valence-corrected chi connectivity index (χ1v) is 8.86. The summed E-state index contributed by atoms with van der Waals surface area (Å²) in [7, 11) is 0. The molecule has 1 aromatic heterocycles. The van der Waals surface area contributed by atoms with Crippen molar-refractivity contribution >= 4 is 16.9 Å². The van der Waals surface area contributed by atoms with Gasteiger partial charge in [0.1, 0.15) is 23.5 Å². The molecule has 0 fully saturated rings. The molecule has 3 rings (SSSR count). The quantitative estimate of drug-likeness (QED) is 0.470. The SMILES string of the molecule is CCNC(=NCc1cc2ccccc2o1)NCC(C)(O)c1ccccc1. The molecular formula is C21H25N3O2. The van der Waals surface area contributed by atoms with Crippen LogP contribution < -0.4 is 10.6 Å². The third-order valence-electron chi connectivity index (χ3n) is 4.21. The number of nitrogens with one attached hydrogen (secondary N) is 2. The summed E-state index contributed by atoms with van der Waals surface area (Å²) >= 11 is 0. The Bertz CT molecular complexity index is 836. The summed E-state index contributed by atoms with van der Waals surface area (Å²) < 4.78 is 5.80. The van der Waals surface area contributed by atoms with E-state index in [4.69, 9.17) is 4.42 Å². The fourth-order valence-electron chi connectivity index (χ4n) is 2.77. The van der Waals surface area contributed by atoms with Crippen molar-refractivity contribution in [1.29, 1.82) is 0 Å². The molecule has 26 heavy (non-hydrogen) atoms. The van der Waals surface area contributed by atoms with Gasteiger partial charge < -0.3 is 20.2 Å². The number of rotatable bonds is 6. The minimum absolute atomic E-state index is 0.350. The average Bonchev–Trinajstić information content (AvgIpc) is 3.08. The Kier molecular flexibility index (Phi) is 5.58. The van der Waals surface area contributed by atoms with E-state index in [-0.39, 0.29) is 0 Å². The van der Waals surface area contributed by atoms with Crippen LogP contribution in [0.5, 0.6) is 0 Å². The van der Waals surface area contributed by atoms with Gasteiger partial charge in [-0.2, -0.15) is 0 Å². The van der Waals surface area contributed by atoms with Gasteiger partial charge in [-0.25, -0.2) is 4.99 Å². The Hall–Kier alpha value is -2.79. The van der Waals surface area contributed by atoms with Gasteiger partial charge in [0, 0.05) is 11.9 Å². The zero-order chi connectivity index (χ0) is 18.4. The zero-order valence-electron chi connectivity index (χ0n) is 15.2. The molecule has 3 aromatic rings. The van der Waals surface area contributed by atoms with Crippen LogP contribution in [0.4, 0.5) is 0 Å². The maximum Gasteiger partial charge on any atom is 0.191 e. The molecule has 136 valence electrons. The minimum atomic E-state index is -0.989. The molecular weight excluding hydrogens is 326 g/mol. The maximum atomic E-state index is 10.7. The molecule has 0 aliphatic heterocycles. The van der Waals surface area contributed by atoms with Gasteiger partial charge in [-0.3, -0.25) is 0 Å². The Morgan fingerprint density at radius 3 is 2.54 bits per heavy atom. The lowest BCUT2D eigenvalue weighted by Gasteiger charge is -2.25. The molecule has 0 amide bonds. The normalized spacial score (nSPS) is 14.2. The summed E-state index contributed by atoms with van der Waals surface area (Å²) in [5.41, 5.74) is 0.736.